The Kier molecular flexibility index (Phi) is 11.7. The smallest absolute Gasteiger partial charge is 0.303 e. The van der Waals surface area contributed by atoms with Crippen molar-refractivity contribution in [3.63, 3.8) is 0 Å². The highest BCUT2D eigenvalue weighted by Crippen LogP contribution is 2.24. The zero-order valence-electron chi connectivity index (χ0n) is 14.7. The summed E-state index contributed by atoms with van der Waals surface area (Å²) in [4.78, 5) is 25.1. The van der Waals surface area contributed by atoms with Crippen LogP contribution in [0.5, 0.6) is 0 Å². The number of rotatable bonds is 15. The summed E-state index contributed by atoms with van der Waals surface area (Å²) in [6, 6.07) is 0. The Balaban J connectivity index is 2.09. The molecule has 0 aliphatic carbocycles. The summed E-state index contributed by atoms with van der Waals surface area (Å²) in [5, 5.41) is 17.5. The van der Waals surface area contributed by atoms with Gasteiger partial charge in [-0.25, -0.2) is 14.7 Å². The Labute approximate surface area is 144 Å². The summed E-state index contributed by atoms with van der Waals surface area (Å²) in [6.07, 6.45) is 13.7. The molecule has 140 valence electrons. The Morgan fingerprint density at radius 2 is 1.88 bits per heavy atom. The van der Waals surface area contributed by atoms with E-state index in [4.69, 9.17) is 20.1 Å². The van der Waals surface area contributed by atoms with Gasteiger partial charge in [0, 0.05) is 6.42 Å². The van der Waals surface area contributed by atoms with Crippen molar-refractivity contribution in [2.45, 2.75) is 95.9 Å². The van der Waals surface area contributed by atoms with Gasteiger partial charge in [-0.2, -0.15) is 0 Å². The van der Waals surface area contributed by atoms with Crippen molar-refractivity contribution in [1.82, 2.24) is 0 Å². The van der Waals surface area contributed by atoms with Crippen molar-refractivity contribution >= 4 is 5.97 Å². The van der Waals surface area contributed by atoms with Crippen LogP contribution >= 0.6 is 0 Å². The zero-order valence-corrected chi connectivity index (χ0v) is 14.7. The molecule has 0 aromatic rings. The van der Waals surface area contributed by atoms with Crippen LogP contribution in [0.25, 0.3) is 0 Å². The first-order valence-electron chi connectivity index (χ1n) is 9.19. The first kappa shape index (κ1) is 21.1. The SMILES string of the molecule is CCCCCC(/C=C/C1OOC1CCCCCCCC(=O)O)OO. The topological polar surface area (TPSA) is 85.2 Å². The van der Waals surface area contributed by atoms with E-state index >= 15 is 0 Å². The average molecular weight is 344 g/mol. The van der Waals surface area contributed by atoms with Gasteiger partial charge in [-0.1, -0.05) is 64.0 Å². The van der Waals surface area contributed by atoms with E-state index in [2.05, 4.69) is 11.8 Å². The second-order valence-corrected chi connectivity index (χ2v) is 6.42. The normalized spacial score (nSPS) is 21.8. The van der Waals surface area contributed by atoms with Gasteiger partial charge in [-0.3, -0.25) is 10.1 Å². The molecule has 6 heteroatoms. The maximum absolute atomic E-state index is 10.4. The van der Waals surface area contributed by atoms with Crippen molar-refractivity contribution in [2.24, 2.45) is 0 Å². The summed E-state index contributed by atoms with van der Waals surface area (Å²) in [6.45, 7) is 2.14. The number of unbranched alkanes of at least 4 members (excludes halogenated alkanes) is 6. The van der Waals surface area contributed by atoms with E-state index in [1.807, 2.05) is 12.2 Å². The van der Waals surface area contributed by atoms with Gasteiger partial charge in [0.2, 0.25) is 0 Å². The molecule has 3 unspecified atom stereocenters. The molecule has 0 radical (unpaired) electrons. The summed E-state index contributed by atoms with van der Waals surface area (Å²) in [5.74, 6) is -0.718. The van der Waals surface area contributed by atoms with Gasteiger partial charge in [-0.05, 0) is 19.3 Å². The lowest BCUT2D eigenvalue weighted by molar-refractivity contribution is -0.452. The second kappa shape index (κ2) is 13.4. The highest BCUT2D eigenvalue weighted by Gasteiger charge is 2.32. The van der Waals surface area contributed by atoms with Gasteiger partial charge in [0.15, 0.2) is 0 Å². The molecule has 0 spiro atoms. The molecule has 2 N–H and O–H groups in total. The molecule has 3 atom stereocenters. The highest BCUT2D eigenvalue weighted by atomic mass is 17.2. The lowest BCUT2D eigenvalue weighted by Gasteiger charge is -2.33. The van der Waals surface area contributed by atoms with Gasteiger partial charge >= 0.3 is 5.97 Å². The van der Waals surface area contributed by atoms with E-state index in [9.17, 15) is 4.79 Å². The van der Waals surface area contributed by atoms with E-state index in [-0.39, 0.29) is 24.7 Å². The Hall–Kier alpha value is -0.950. The number of carboxylic acids is 1. The first-order valence-corrected chi connectivity index (χ1v) is 9.19. The van der Waals surface area contributed by atoms with E-state index < -0.39 is 5.97 Å². The minimum atomic E-state index is -0.718. The zero-order chi connectivity index (χ0) is 17.6. The number of carbonyl (C=O) groups is 1. The van der Waals surface area contributed by atoms with Crippen LogP contribution in [0.2, 0.25) is 0 Å². The summed E-state index contributed by atoms with van der Waals surface area (Å²) in [7, 11) is 0. The van der Waals surface area contributed by atoms with E-state index in [0.717, 1.165) is 64.2 Å². The fourth-order valence-electron chi connectivity index (χ4n) is 2.73. The molecule has 0 amide bonds. The van der Waals surface area contributed by atoms with E-state index in [1.54, 1.807) is 0 Å². The van der Waals surface area contributed by atoms with Crippen LogP contribution in [0.15, 0.2) is 12.2 Å². The van der Waals surface area contributed by atoms with Crippen LogP contribution in [0.4, 0.5) is 0 Å². The molecule has 1 aliphatic heterocycles. The van der Waals surface area contributed by atoms with Crippen LogP contribution < -0.4 is 0 Å². The molecule has 1 aliphatic rings. The van der Waals surface area contributed by atoms with Crippen LogP contribution in [-0.2, 0) is 19.5 Å². The summed E-state index contributed by atoms with van der Waals surface area (Å²) >= 11 is 0. The average Bonchev–Trinajstić information content (AvgIpc) is 2.54. The maximum atomic E-state index is 10.4. The molecule has 0 bridgehead atoms. The van der Waals surface area contributed by atoms with Crippen LogP contribution in [0.1, 0.15) is 77.6 Å². The standard InChI is InChI=1S/C18H32O6/c1-2-3-7-10-15(22-21)13-14-17-16(23-24-17)11-8-5-4-6-9-12-18(19)20/h13-17,21H,2-12H2,1H3,(H,19,20)/b14-13+. The van der Waals surface area contributed by atoms with E-state index in [0.29, 0.717) is 0 Å². The molecular formula is C18H32O6. The highest BCUT2D eigenvalue weighted by molar-refractivity contribution is 5.66. The molecule has 0 aromatic carbocycles. The Morgan fingerprint density at radius 1 is 1.12 bits per heavy atom. The molecular weight excluding hydrogens is 312 g/mol. The fourth-order valence-corrected chi connectivity index (χ4v) is 2.73. The second-order valence-electron chi connectivity index (χ2n) is 6.42. The van der Waals surface area contributed by atoms with Crippen LogP contribution in [0, 0.1) is 0 Å². The van der Waals surface area contributed by atoms with Crippen LogP contribution in [-0.4, -0.2) is 34.6 Å². The molecule has 0 aromatic heterocycles. The number of hydrogen-bond acceptors (Lipinski definition) is 5. The van der Waals surface area contributed by atoms with Crippen molar-refractivity contribution in [1.29, 1.82) is 0 Å². The lowest BCUT2D eigenvalue weighted by atomic mass is 10.0. The summed E-state index contributed by atoms with van der Waals surface area (Å²) < 4.78 is 0. The van der Waals surface area contributed by atoms with E-state index in [1.165, 1.54) is 0 Å². The van der Waals surface area contributed by atoms with Crippen LogP contribution in [0.3, 0.4) is 0 Å². The molecule has 1 saturated heterocycles. The molecule has 1 heterocycles. The number of aliphatic carboxylic acids is 1. The Morgan fingerprint density at radius 3 is 2.50 bits per heavy atom. The third kappa shape index (κ3) is 9.37. The fraction of sp³-hybridized carbons (Fsp3) is 0.833. The van der Waals surface area contributed by atoms with Crippen molar-refractivity contribution in [3.8, 4) is 0 Å². The molecule has 0 saturated carbocycles. The number of hydrogen-bond donors (Lipinski definition) is 2. The predicted molar refractivity (Wildman–Crippen MR) is 90.5 cm³/mol. The molecule has 1 rings (SSSR count). The van der Waals surface area contributed by atoms with Crippen molar-refractivity contribution < 1.29 is 29.8 Å². The summed E-state index contributed by atoms with van der Waals surface area (Å²) in [5.41, 5.74) is 0. The largest absolute Gasteiger partial charge is 0.481 e. The van der Waals surface area contributed by atoms with Gasteiger partial charge < -0.3 is 5.11 Å². The number of carboxylic acid groups (broad SMARTS) is 1. The minimum absolute atomic E-state index is 0.0651. The third-order valence-electron chi connectivity index (χ3n) is 4.28. The first-order chi connectivity index (χ1) is 11.7. The van der Waals surface area contributed by atoms with Crippen molar-refractivity contribution in [2.75, 3.05) is 0 Å². The molecule has 24 heavy (non-hydrogen) atoms. The molecule has 1 fully saturated rings. The maximum Gasteiger partial charge on any atom is 0.303 e. The monoisotopic (exact) mass is 344 g/mol. The molecule has 6 nitrogen and oxygen atoms in total. The van der Waals surface area contributed by atoms with Crippen molar-refractivity contribution in [3.05, 3.63) is 12.2 Å². The predicted octanol–water partition coefficient (Wildman–Crippen LogP) is 4.50. The Bertz CT molecular complexity index is 357. The lowest BCUT2D eigenvalue weighted by Crippen LogP contribution is -2.41. The van der Waals surface area contributed by atoms with Gasteiger partial charge in [0.05, 0.1) is 0 Å². The third-order valence-corrected chi connectivity index (χ3v) is 4.28. The quantitative estimate of drug-likeness (QED) is 0.197. The van der Waals surface area contributed by atoms with Gasteiger partial charge in [0.25, 0.3) is 0 Å². The van der Waals surface area contributed by atoms with Gasteiger partial charge in [-0.15, -0.1) is 0 Å². The van der Waals surface area contributed by atoms with Gasteiger partial charge in [0.1, 0.15) is 18.3 Å². The minimum Gasteiger partial charge on any atom is -0.481 e.